The fourth-order valence-electron chi connectivity index (χ4n) is 2.25. The summed E-state index contributed by atoms with van der Waals surface area (Å²) in [6.07, 6.45) is 5.09. The van der Waals surface area contributed by atoms with Crippen LogP contribution in [0, 0.1) is 6.92 Å². The van der Waals surface area contributed by atoms with E-state index >= 15 is 0 Å². The lowest BCUT2D eigenvalue weighted by Gasteiger charge is -2.18. The Labute approximate surface area is 108 Å². The molecule has 0 amide bonds. The van der Waals surface area contributed by atoms with Gasteiger partial charge >= 0.3 is 0 Å². The summed E-state index contributed by atoms with van der Waals surface area (Å²) in [5.41, 5.74) is 0. The van der Waals surface area contributed by atoms with Crippen LogP contribution < -0.4 is 10.6 Å². The van der Waals surface area contributed by atoms with Gasteiger partial charge in [0.15, 0.2) is 5.11 Å². The number of hydrogen-bond donors (Lipinski definition) is 2. The molecule has 94 valence electrons. The van der Waals surface area contributed by atoms with Crippen molar-refractivity contribution in [3.8, 4) is 0 Å². The Morgan fingerprint density at radius 1 is 1.41 bits per heavy atom. The van der Waals surface area contributed by atoms with Gasteiger partial charge in [-0.15, -0.1) is 0 Å². The molecule has 1 atom stereocenters. The highest BCUT2D eigenvalue weighted by atomic mass is 32.1. The molecule has 3 nitrogen and oxygen atoms in total. The smallest absolute Gasteiger partial charge is 0.167 e. The SMILES string of the molecule is Cc1ccc(C(C)NC(=S)NC2CCCC2)o1. The van der Waals surface area contributed by atoms with E-state index < -0.39 is 0 Å². The highest BCUT2D eigenvalue weighted by Gasteiger charge is 2.17. The zero-order chi connectivity index (χ0) is 12.3. The molecular formula is C13H20N2OS. The van der Waals surface area contributed by atoms with Gasteiger partial charge in [-0.25, -0.2) is 0 Å². The molecule has 1 aliphatic rings. The molecular weight excluding hydrogens is 232 g/mol. The van der Waals surface area contributed by atoms with Crippen LogP contribution in [0.5, 0.6) is 0 Å². The summed E-state index contributed by atoms with van der Waals surface area (Å²) < 4.78 is 5.57. The minimum absolute atomic E-state index is 0.116. The lowest BCUT2D eigenvalue weighted by atomic mass is 10.2. The number of rotatable bonds is 3. The Balaban J connectivity index is 1.81. The van der Waals surface area contributed by atoms with Gasteiger partial charge in [-0.1, -0.05) is 12.8 Å². The first-order valence-electron chi connectivity index (χ1n) is 6.28. The monoisotopic (exact) mass is 252 g/mol. The van der Waals surface area contributed by atoms with Crippen molar-refractivity contribution in [3.63, 3.8) is 0 Å². The van der Waals surface area contributed by atoms with E-state index in [4.69, 9.17) is 16.6 Å². The molecule has 0 radical (unpaired) electrons. The number of hydrogen-bond acceptors (Lipinski definition) is 2. The maximum atomic E-state index is 5.57. The van der Waals surface area contributed by atoms with Crippen molar-refractivity contribution in [2.45, 2.75) is 51.6 Å². The second kappa shape index (κ2) is 5.54. The van der Waals surface area contributed by atoms with Crippen molar-refractivity contribution in [1.29, 1.82) is 0 Å². The summed E-state index contributed by atoms with van der Waals surface area (Å²) in [4.78, 5) is 0. The second-order valence-corrected chi connectivity index (χ2v) is 5.18. The highest BCUT2D eigenvalue weighted by Crippen LogP contribution is 2.18. The average molecular weight is 252 g/mol. The van der Waals surface area contributed by atoms with Gasteiger partial charge in [0.2, 0.25) is 0 Å². The first-order valence-corrected chi connectivity index (χ1v) is 6.69. The number of furan rings is 1. The van der Waals surface area contributed by atoms with E-state index in [0.29, 0.717) is 6.04 Å². The van der Waals surface area contributed by atoms with Gasteiger partial charge in [-0.05, 0) is 51.0 Å². The Kier molecular flexibility index (Phi) is 4.05. The van der Waals surface area contributed by atoms with Crippen molar-refractivity contribution in [3.05, 3.63) is 23.7 Å². The van der Waals surface area contributed by atoms with Crippen LogP contribution in [0.2, 0.25) is 0 Å². The predicted molar refractivity (Wildman–Crippen MR) is 73.0 cm³/mol. The van der Waals surface area contributed by atoms with Gasteiger partial charge in [0, 0.05) is 6.04 Å². The van der Waals surface area contributed by atoms with Crippen molar-refractivity contribution in [2.75, 3.05) is 0 Å². The summed E-state index contributed by atoms with van der Waals surface area (Å²) in [6.45, 7) is 4.01. The molecule has 1 saturated carbocycles. The van der Waals surface area contributed by atoms with E-state index in [-0.39, 0.29) is 6.04 Å². The van der Waals surface area contributed by atoms with E-state index in [9.17, 15) is 0 Å². The Morgan fingerprint density at radius 2 is 2.12 bits per heavy atom. The molecule has 17 heavy (non-hydrogen) atoms. The van der Waals surface area contributed by atoms with Gasteiger partial charge in [0.1, 0.15) is 11.5 Å². The molecule has 0 spiro atoms. The van der Waals surface area contributed by atoms with E-state index in [1.807, 2.05) is 19.1 Å². The molecule has 0 bridgehead atoms. The van der Waals surface area contributed by atoms with E-state index in [2.05, 4.69) is 17.6 Å². The summed E-state index contributed by atoms with van der Waals surface area (Å²) in [6, 6.07) is 4.64. The first kappa shape index (κ1) is 12.4. The van der Waals surface area contributed by atoms with Crippen molar-refractivity contribution < 1.29 is 4.42 Å². The quantitative estimate of drug-likeness (QED) is 0.811. The van der Waals surface area contributed by atoms with E-state index in [1.165, 1.54) is 25.7 Å². The molecule has 0 saturated heterocycles. The van der Waals surface area contributed by atoms with Crippen molar-refractivity contribution in [2.24, 2.45) is 0 Å². The Bertz CT molecular complexity index is 383. The maximum absolute atomic E-state index is 5.57. The molecule has 0 aromatic carbocycles. The average Bonchev–Trinajstić information content (AvgIpc) is 2.89. The zero-order valence-electron chi connectivity index (χ0n) is 10.5. The fourth-order valence-corrected chi connectivity index (χ4v) is 2.59. The molecule has 1 heterocycles. The lowest BCUT2D eigenvalue weighted by Crippen LogP contribution is -2.41. The predicted octanol–water partition coefficient (Wildman–Crippen LogP) is 3.06. The molecule has 1 aliphatic carbocycles. The molecule has 1 aromatic rings. The van der Waals surface area contributed by atoms with Crippen LogP contribution in [0.4, 0.5) is 0 Å². The van der Waals surface area contributed by atoms with E-state index in [0.717, 1.165) is 16.6 Å². The summed E-state index contributed by atoms with van der Waals surface area (Å²) in [7, 11) is 0. The third kappa shape index (κ3) is 3.46. The van der Waals surface area contributed by atoms with Crippen LogP contribution in [0.1, 0.15) is 50.2 Å². The molecule has 2 N–H and O–H groups in total. The van der Waals surface area contributed by atoms with Crippen molar-refractivity contribution in [1.82, 2.24) is 10.6 Å². The summed E-state index contributed by atoms with van der Waals surface area (Å²) >= 11 is 5.31. The van der Waals surface area contributed by atoms with Gasteiger partial charge in [-0.3, -0.25) is 0 Å². The summed E-state index contributed by atoms with van der Waals surface area (Å²) in [5, 5.41) is 7.36. The van der Waals surface area contributed by atoms with Crippen LogP contribution in [0.25, 0.3) is 0 Å². The van der Waals surface area contributed by atoms with Crippen LogP contribution >= 0.6 is 12.2 Å². The first-order chi connectivity index (χ1) is 8.15. The lowest BCUT2D eigenvalue weighted by molar-refractivity contribution is 0.441. The maximum Gasteiger partial charge on any atom is 0.167 e. The van der Waals surface area contributed by atoms with Crippen molar-refractivity contribution >= 4 is 17.3 Å². The molecule has 1 fully saturated rings. The van der Waals surface area contributed by atoms with E-state index in [1.54, 1.807) is 0 Å². The molecule has 4 heteroatoms. The van der Waals surface area contributed by atoms with Crippen LogP contribution in [-0.4, -0.2) is 11.2 Å². The Hall–Kier alpha value is -1.03. The third-order valence-electron chi connectivity index (χ3n) is 3.23. The second-order valence-electron chi connectivity index (χ2n) is 4.77. The molecule has 1 aromatic heterocycles. The third-order valence-corrected chi connectivity index (χ3v) is 3.46. The normalized spacial score (nSPS) is 18.0. The van der Waals surface area contributed by atoms with Gasteiger partial charge in [-0.2, -0.15) is 0 Å². The molecule has 2 rings (SSSR count). The topological polar surface area (TPSA) is 37.2 Å². The fraction of sp³-hybridized carbons (Fsp3) is 0.615. The van der Waals surface area contributed by atoms with Crippen LogP contribution in [-0.2, 0) is 0 Å². The minimum atomic E-state index is 0.116. The zero-order valence-corrected chi connectivity index (χ0v) is 11.3. The molecule has 0 aliphatic heterocycles. The van der Waals surface area contributed by atoms with Crippen LogP contribution in [0.15, 0.2) is 16.5 Å². The summed E-state index contributed by atoms with van der Waals surface area (Å²) in [5.74, 6) is 1.86. The van der Waals surface area contributed by atoms with Gasteiger partial charge in [0.25, 0.3) is 0 Å². The largest absolute Gasteiger partial charge is 0.464 e. The van der Waals surface area contributed by atoms with Gasteiger partial charge < -0.3 is 15.1 Å². The Morgan fingerprint density at radius 3 is 2.71 bits per heavy atom. The number of aryl methyl sites for hydroxylation is 1. The highest BCUT2D eigenvalue weighted by molar-refractivity contribution is 7.80. The van der Waals surface area contributed by atoms with Gasteiger partial charge in [0.05, 0.1) is 6.04 Å². The standard InChI is InChI=1S/C13H20N2OS/c1-9-7-8-12(16-9)10(2)14-13(17)15-11-5-3-4-6-11/h7-8,10-11H,3-6H2,1-2H3,(H2,14,15,17). The molecule has 1 unspecified atom stereocenters. The minimum Gasteiger partial charge on any atom is -0.464 e. The number of thiocarbonyl (C=S) groups is 1. The number of nitrogens with one attached hydrogen (secondary N) is 2. The van der Waals surface area contributed by atoms with Crippen LogP contribution in [0.3, 0.4) is 0 Å².